The van der Waals surface area contributed by atoms with E-state index in [0.29, 0.717) is 5.56 Å². The minimum absolute atomic E-state index is 0.0446. The monoisotopic (exact) mass is 484 g/mol. The number of nitrogens with zero attached hydrogens (tertiary/aromatic N) is 1. The zero-order chi connectivity index (χ0) is 24.7. The lowest BCUT2D eigenvalue weighted by molar-refractivity contribution is -0.121. The van der Waals surface area contributed by atoms with E-state index in [0.717, 1.165) is 16.7 Å². The number of carbonyl (C=O) groups is 1. The third-order valence-electron chi connectivity index (χ3n) is 6.06. The highest BCUT2D eigenvalue weighted by molar-refractivity contribution is 7.91. The van der Waals surface area contributed by atoms with E-state index in [1.807, 2.05) is 67.6 Å². The van der Waals surface area contributed by atoms with E-state index in [-0.39, 0.29) is 29.7 Å². The van der Waals surface area contributed by atoms with Crippen molar-refractivity contribution in [3.05, 3.63) is 132 Å². The molecule has 4 aromatic rings. The highest BCUT2D eigenvalue weighted by atomic mass is 32.2. The van der Waals surface area contributed by atoms with E-state index >= 15 is 0 Å². The van der Waals surface area contributed by atoms with Crippen molar-refractivity contribution >= 4 is 15.7 Å². The number of nitrogens with one attached hydrogen (secondary N) is 1. The Morgan fingerprint density at radius 1 is 0.800 bits per heavy atom. The Balaban J connectivity index is 1.56. The van der Waals surface area contributed by atoms with Crippen molar-refractivity contribution in [1.29, 1.82) is 0 Å². The van der Waals surface area contributed by atoms with E-state index in [4.69, 9.17) is 0 Å². The number of benzene rings is 3. The standard InChI is InChI=1S/C29H28N2O3S/c1-22-14-16-26(17-15-22)35(33,34)28(25-13-8-18-30-20-25)21-31-29(32)19-27(23-9-4-2-5-10-23)24-11-6-3-7-12-24/h2-18,20,27-28H,19,21H2,1H3,(H,31,32). The number of aryl methyl sites for hydroxylation is 1. The molecular weight excluding hydrogens is 456 g/mol. The summed E-state index contributed by atoms with van der Waals surface area (Å²) in [5.41, 5.74) is 3.58. The molecule has 178 valence electrons. The van der Waals surface area contributed by atoms with E-state index in [9.17, 15) is 13.2 Å². The van der Waals surface area contributed by atoms with Gasteiger partial charge in [-0.2, -0.15) is 0 Å². The third-order valence-corrected chi connectivity index (χ3v) is 8.18. The van der Waals surface area contributed by atoms with Crippen molar-refractivity contribution in [1.82, 2.24) is 10.3 Å². The molecule has 0 aliphatic carbocycles. The molecule has 0 fully saturated rings. The maximum absolute atomic E-state index is 13.5. The van der Waals surface area contributed by atoms with Crippen LogP contribution in [0.25, 0.3) is 0 Å². The van der Waals surface area contributed by atoms with Gasteiger partial charge >= 0.3 is 0 Å². The molecule has 1 atom stereocenters. The number of sulfone groups is 1. The first-order valence-electron chi connectivity index (χ1n) is 11.5. The van der Waals surface area contributed by atoms with Gasteiger partial charge in [-0.3, -0.25) is 9.78 Å². The van der Waals surface area contributed by atoms with Crippen LogP contribution in [-0.2, 0) is 14.6 Å². The van der Waals surface area contributed by atoms with Crippen LogP contribution >= 0.6 is 0 Å². The number of aromatic nitrogens is 1. The van der Waals surface area contributed by atoms with Gasteiger partial charge in [0.05, 0.1) is 4.90 Å². The Kier molecular flexibility index (Phi) is 7.73. The summed E-state index contributed by atoms with van der Waals surface area (Å²) in [7, 11) is -3.75. The average Bonchev–Trinajstić information content (AvgIpc) is 2.89. The Labute approximate surface area is 206 Å². The van der Waals surface area contributed by atoms with Crippen molar-refractivity contribution in [3.63, 3.8) is 0 Å². The van der Waals surface area contributed by atoms with Gasteiger partial charge in [0.15, 0.2) is 9.84 Å². The second-order valence-electron chi connectivity index (χ2n) is 8.52. The summed E-state index contributed by atoms with van der Waals surface area (Å²) < 4.78 is 27.1. The van der Waals surface area contributed by atoms with Crippen LogP contribution in [0, 0.1) is 6.92 Å². The maximum Gasteiger partial charge on any atom is 0.221 e. The van der Waals surface area contributed by atoms with Crippen LogP contribution in [0.15, 0.2) is 114 Å². The van der Waals surface area contributed by atoms with E-state index in [2.05, 4.69) is 10.3 Å². The Bertz CT molecular complexity index is 1300. The summed E-state index contributed by atoms with van der Waals surface area (Å²) in [4.78, 5) is 17.4. The Morgan fingerprint density at radius 3 is 1.91 bits per heavy atom. The lowest BCUT2D eigenvalue weighted by Crippen LogP contribution is -2.33. The minimum Gasteiger partial charge on any atom is -0.354 e. The lowest BCUT2D eigenvalue weighted by atomic mass is 9.88. The SMILES string of the molecule is Cc1ccc(S(=O)(=O)C(CNC(=O)CC(c2ccccc2)c2ccccc2)c2cccnc2)cc1. The van der Waals surface area contributed by atoms with Crippen LogP contribution in [0.2, 0.25) is 0 Å². The Morgan fingerprint density at radius 2 is 1.37 bits per heavy atom. The van der Waals surface area contributed by atoms with Gasteiger partial charge in [0, 0.05) is 31.3 Å². The summed E-state index contributed by atoms with van der Waals surface area (Å²) in [6.45, 7) is 1.86. The van der Waals surface area contributed by atoms with Crippen LogP contribution in [0.5, 0.6) is 0 Å². The molecule has 35 heavy (non-hydrogen) atoms. The van der Waals surface area contributed by atoms with E-state index < -0.39 is 15.1 Å². The molecule has 0 aliphatic heterocycles. The lowest BCUT2D eigenvalue weighted by Gasteiger charge is -2.21. The molecule has 6 heteroatoms. The molecular formula is C29H28N2O3S. The normalized spacial score (nSPS) is 12.3. The number of carbonyl (C=O) groups excluding carboxylic acids is 1. The summed E-state index contributed by atoms with van der Waals surface area (Å²) in [5.74, 6) is -0.348. The molecule has 4 rings (SSSR count). The van der Waals surface area contributed by atoms with Gasteiger partial charge in [-0.1, -0.05) is 84.4 Å². The third kappa shape index (κ3) is 6.03. The van der Waals surface area contributed by atoms with E-state index in [1.165, 1.54) is 0 Å². The fourth-order valence-corrected chi connectivity index (χ4v) is 5.77. The fraction of sp³-hybridized carbons (Fsp3) is 0.172. The number of rotatable bonds is 9. The summed E-state index contributed by atoms with van der Waals surface area (Å²) in [6, 6.07) is 29.9. The van der Waals surface area contributed by atoms with Crippen molar-refractivity contribution in [2.45, 2.75) is 29.4 Å². The maximum atomic E-state index is 13.5. The number of amides is 1. The average molecular weight is 485 g/mol. The van der Waals surface area contributed by atoms with Crippen molar-refractivity contribution in [2.75, 3.05) is 6.54 Å². The predicted molar refractivity (Wildman–Crippen MR) is 138 cm³/mol. The molecule has 1 N–H and O–H groups in total. The quantitative estimate of drug-likeness (QED) is 0.352. The van der Waals surface area contributed by atoms with Crippen LogP contribution in [0.3, 0.4) is 0 Å². The molecule has 1 amide bonds. The number of hydrogen-bond donors (Lipinski definition) is 1. The largest absolute Gasteiger partial charge is 0.354 e. The van der Waals surface area contributed by atoms with Crippen LogP contribution in [0.4, 0.5) is 0 Å². The van der Waals surface area contributed by atoms with Gasteiger partial charge in [-0.25, -0.2) is 8.42 Å². The second-order valence-corrected chi connectivity index (χ2v) is 10.6. The molecule has 0 bridgehead atoms. The van der Waals surface area contributed by atoms with Gasteiger partial charge in [0.25, 0.3) is 0 Å². The fourth-order valence-electron chi connectivity index (χ4n) is 4.13. The molecule has 0 aliphatic rings. The van der Waals surface area contributed by atoms with Gasteiger partial charge in [-0.05, 0) is 41.8 Å². The summed E-state index contributed by atoms with van der Waals surface area (Å²) in [6.07, 6.45) is 3.35. The predicted octanol–water partition coefficient (Wildman–Crippen LogP) is 5.24. The zero-order valence-electron chi connectivity index (χ0n) is 19.5. The highest BCUT2D eigenvalue weighted by Crippen LogP contribution is 2.30. The second kappa shape index (κ2) is 11.1. The molecule has 0 saturated heterocycles. The minimum atomic E-state index is -3.75. The molecule has 0 saturated carbocycles. The molecule has 1 unspecified atom stereocenters. The molecule has 0 radical (unpaired) electrons. The summed E-state index contributed by atoms with van der Waals surface area (Å²) in [5, 5.41) is 1.94. The van der Waals surface area contributed by atoms with Gasteiger partial charge in [0.2, 0.25) is 5.91 Å². The number of hydrogen-bond acceptors (Lipinski definition) is 4. The first-order chi connectivity index (χ1) is 16.9. The first kappa shape index (κ1) is 24.4. The van der Waals surface area contributed by atoms with Crippen molar-refractivity contribution < 1.29 is 13.2 Å². The molecule has 5 nitrogen and oxygen atoms in total. The zero-order valence-corrected chi connectivity index (χ0v) is 20.4. The van der Waals surface area contributed by atoms with Crippen LogP contribution in [0.1, 0.15) is 39.8 Å². The Hall–Kier alpha value is -3.77. The van der Waals surface area contributed by atoms with E-state index in [1.54, 1.807) is 48.8 Å². The van der Waals surface area contributed by atoms with Gasteiger partial charge in [-0.15, -0.1) is 0 Å². The van der Waals surface area contributed by atoms with Gasteiger partial charge in [0.1, 0.15) is 5.25 Å². The smallest absolute Gasteiger partial charge is 0.221 e. The molecule has 0 spiro atoms. The van der Waals surface area contributed by atoms with Crippen LogP contribution in [-0.4, -0.2) is 25.9 Å². The van der Waals surface area contributed by atoms with Crippen molar-refractivity contribution in [3.8, 4) is 0 Å². The number of pyridine rings is 1. The first-order valence-corrected chi connectivity index (χ1v) is 13.1. The molecule has 1 heterocycles. The molecule has 1 aromatic heterocycles. The van der Waals surface area contributed by atoms with Gasteiger partial charge < -0.3 is 5.32 Å². The topological polar surface area (TPSA) is 76.1 Å². The summed E-state index contributed by atoms with van der Waals surface area (Å²) >= 11 is 0. The molecule has 3 aromatic carbocycles. The van der Waals surface area contributed by atoms with Crippen molar-refractivity contribution in [2.24, 2.45) is 0 Å². The van der Waals surface area contributed by atoms with Crippen LogP contribution < -0.4 is 5.32 Å². The highest BCUT2D eigenvalue weighted by Gasteiger charge is 2.30.